The zero-order chi connectivity index (χ0) is 39.1. The van der Waals surface area contributed by atoms with E-state index in [1.165, 1.54) is 29.6 Å². The van der Waals surface area contributed by atoms with Crippen LogP contribution in [0.15, 0.2) is 116 Å². The van der Waals surface area contributed by atoms with Crippen molar-refractivity contribution in [2.24, 2.45) is 7.05 Å². The Hall–Kier alpha value is -7.12. The van der Waals surface area contributed by atoms with E-state index < -0.39 is 11.8 Å². The molecule has 0 aliphatic carbocycles. The van der Waals surface area contributed by atoms with Gasteiger partial charge in [-0.1, -0.05) is 54.6 Å². The van der Waals surface area contributed by atoms with Crippen LogP contribution in [-0.2, 0) is 20.0 Å². The predicted molar refractivity (Wildman–Crippen MR) is 219 cm³/mol. The lowest BCUT2D eigenvalue weighted by molar-refractivity contribution is 0.811. The summed E-state index contributed by atoms with van der Waals surface area (Å²) in [5.41, 5.74) is 5.38. The number of hydrogen-bond acceptors (Lipinski definition) is 14. The maximum Gasteiger partial charge on any atom is 0.223 e. The maximum absolute atomic E-state index is 9.71. The number of benzene rings is 3. The van der Waals surface area contributed by atoms with Gasteiger partial charge in [0.15, 0.2) is 0 Å². The summed E-state index contributed by atoms with van der Waals surface area (Å²) < 4.78 is 4.12. The van der Waals surface area contributed by atoms with E-state index in [-0.39, 0.29) is 0 Å². The van der Waals surface area contributed by atoms with Crippen LogP contribution >= 0.6 is 22.7 Å². The molecule has 8 rings (SSSR count). The molecule has 15 heteroatoms. The number of para-hydroxylation sites is 2. The second-order valence-corrected chi connectivity index (χ2v) is 14.1. The largest absolute Gasteiger partial charge is 0.354 e. The number of fused-ring (bicyclic) bond motifs is 2. The Morgan fingerprint density at radius 3 is 1.70 bits per heavy atom. The number of nitriles is 3. The van der Waals surface area contributed by atoms with Crippen molar-refractivity contribution in [1.29, 1.82) is 15.8 Å². The number of nitrogens with one attached hydrogen (secondary N) is 2. The lowest BCUT2D eigenvalue weighted by Crippen LogP contribution is -2.11. The van der Waals surface area contributed by atoms with Gasteiger partial charge >= 0.3 is 0 Å². The molecular weight excluding hydrogens is 739 g/mol. The van der Waals surface area contributed by atoms with Gasteiger partial charge in [-0.05, 0) is 42.0 Å². The van der Waals surface area contributed by atoms with Gasteiger partial charge in [0.1, 0.15) is 21.9 Å². The molecule has 2 unspecified atom stereocenters. The molecule has 5 heterocycles. The Morgan fingerprint density at radius 2 is 1.20 bits per heavy atom. The summed E-state index contributed by atoms with van der Waals surface area (Å²) in [5, 5.41) is 34.6. The second-order valence-electron chi connectivity index (χ2n) is 12.0. The molecule has 0 saturated carbocycles. The van der Waals surface area contributed by atoms with Gasteiger partial charge in [-0.2, -0.15) is 15.8 Å². The monoisotopic (exact) mass is 773 g/mol. The first-order chi connectivity index (χ1) is 27.5. The number of rotatable bonds is 11. The zero-order valence-electron chi connectivity index (χ0n) is 30.5. The van der Waals surface area contributed by atoms with Crippen molar-refractivity contribution in [1.82, 2.24) is 39.5 Å². The van der Waals surface area contributed by atoms with Crippen LogP contribution in [-0.4, -0.2) is 46.0 Å². The van der Waals surface area contributed by atoms with Gasteiger partial charge < -0.3 is 15.2 Å². The van der Waals surface area contributed by atoms with E-state index in [4.69, 9.17) is 5.26 Å². The Bertz CT molecular complexity index is 2560. The van der Waals surface area contributed by atoms with Gasteiger partial charge in [-0.15, -0.1) is 22.7 Å². The van der Waals surface area contributed by atoms with Gasteiger partial charge in [-0.3, -0.25) is 0 Å². The molecule has 56 heavy (non-hydrogen) atoms. The van der Waals surface area contributed by atoms with E-state index >= 15 is 0 Å². The van der Waals surface area contributed by atoms with E-state index in [0.717, 1.165) is 48.1 Å². The van der Waals surface area contributed by atoms with Crippen LogP contribution in [0.1, 0.15) is 51.4 Å². The maximum atomic E-state index is 9.71. The molecule has 0 fully saturated rings. The molecule has 276 valence electrons. The lowest BCUT2D eigenvalue weighted by atomic mass is 10.1. The summed E-state index contributed by atoms with van der Waals surface area (Å²) in [7, 11) is 1.97. The van der Waals surface area contributed by atoms with Crippen LogP contribution in [0.4, 0.5) is 11.9 Å². The molecule has 2 atom stereocenters. The van der Waals surface area contributed by atoms with Gasteiger partial charge in [0.2, 0.25) is 11.9 Å². The smallest absolute Gasteiger partial charge is 0.223 e. The van der Waals surface area contributed by atoms with Crippen molar-refractivity contribution < 1.29 is 0 Å². The van der Waals surface area contributed by atoms with Gasteiger partial charge in [0, 0.05) is 57.8 Å². The van der Waals surface area contributed by atoms with E-state index in [1.807, 2.05) is 96.7 Å². The highest BCUT2D eigenvalue weighted by Crippen LogP contribution is 2.32. The second kappa shape index (κ2) is 19.3. The minimum absolute atomic E-state index is 0.507. The average molecular weight is 774 g/mol. The minimum atomic E-state index is -0.511. The quantitative estimate of drug-likeness (QED) is 0.129. The van der Waals surface area contributed by atoms with Crippen molar-refractivity contribution in [3.05, 3.63) is 149 Å². The summed E-state index contributed by atoms with van der Waals surface area (Å²) in [4.78, 5) is 30.9. The Morgan fingerprint density at radius 1 is 0.679 bits per heavy atom. The number of hydrogen-bond donors (Lipinski definition) is 2. The molecule has 0 bridgehead atoms. The fourth-order valence-electron chi connectivity index (χ4n) is 5.46. The summed E-state index contributed by atoms with van der Waals surface area (Å²) in [6.45, 7) is 2.74. The zero-order valence-corrected chi connectivity index (χ0v) is 32.1. The standard InChI is InChI=1S/C20H15N5S.C19H17N7S.C2H3N/c21-12-15(19-24-17-8-4-5-9-18(17)26-19)16-10-11-22-20(25-16)23-13-14-6-2-1-3-7-14;1-26-12-21-11-13(26)6-8-22-19-23-9-7-15(25-19)14(10-20)18-24-16-4-2-3-5-17(16)27-18;1-2-3/h1-11,15H,13H2,(H,22,23,25);2-5,7,9,11-12,14H,6,8H2,1H3,(H,22,23,25);1H3. The van der Waals surface area contributed by atoms with Crippen LogP contribution in [0, 0.1) is 34.0 Å². The van der Waals surface area contributed by atoms with Crippen molar-refractivity contribution in [2.45, 2.75) is 31.7 Å². The fourth-order valence-corrected chi connectivity index (χ4v) is 7.52. The Kier molecular flexibility index (Phi) is 13.3. The molecule has 5 aromatic heterocycles. The average Bonchev–Trinajstić information content (AvgIpc) is 3.97. The van der Waals surface area contributed by atoms with E-state index in [2.05, 4.69) is 57.7 Å². The van der Waals surface area contributed by atoms with Crippen LogP contribution in [0.2, 0.25) is 0 Å². The highest BCUT2D eigenvalue weighted by atomic mass is 32.1. The van der Waals surface area contributed by atoms with Crippen molar-refractivity contribution in [3.63, 3.8) is 0 Å². The molecule has 0 aliphatic heterocycles. The van der Waals surface area contributed by atoms with Crippen LogP contribution < -0.4 is 10.6 Å². The van der Waals surface area contributed by atoms with E-state index in [1.54, 1.807) is 36.9 Å². The molecule has 0 aliphatic rings. The van der Waals surface area contributed by atoms with Crippen LogP contribution in [0.3, 0.4) is 0 Å². The summed E-state index contributed by atoms with van der Waals surface area (Å²) in [6.07, 6.45) is 7.78. The summed E-state index contributed by atoms with van der Waals surface area (Å²) >= 11 is 3.05. The first-order valence-corrected chi connectivity index (χ1v) is 19.1. The molecule has 2 N–H and O–H groups in total. The van der Waals surface area contributed by atoms with E-state index in [9.17, 15) is 10.5 Å². The fraction of sp³-hybridized carbons (Fsp3) is 0.171. The van der Waals surface area contributed by atoms with Crippen LogP contribution in [0.25, 0.3) is 20.4 Å². The number of thiazole rings is 2. The van der Waals surface area contributed by atoms with Crippen molar-refractivity contribution in [3.8, 4) is 18.2 Å². The molecule has 0 radical (unpaired) electrons. The predicted octanol–water partition coefficient (Wildman–Crippen LogP) is 8.01. The number of imidazole rings is 1. The van der Waals surface area contributed by atoms with E-state index in [0.29, 0.717) is 36.4 Å². The first-order valence-electron chi connectivity index (χ1n) is 17.4. The number of anilines is 2. The van der Waals surface area contributed by atoms with Crippen molar-refractivity contribution in [2.75, 3.05) is 17.2 Å². The topological polar surface area (TPSA) is 191 Å². The third kappa shape index (κ3) is 9.89. The summed E-state index contributed by atoms with van der Waals surface area (Å²) in [5.74, 6) is -0.000516. The molecule has 0 spiro atoms. The molecule has 8 aromatic rings. The third-order valence-corrected chi connectivity index (χ3v) is 10.4. The molecule has 0 saturated heterocycles. The molecule has 3 aromatic carbocycles. The number of nitrogens with zero attached hydrogens (tertiary/aromatic N) is 11. The SMILES string of the molecule is CC#N.Cn1cncc1CCNc1nccc(C(C#N)c2nc3ccccc3s2)n1.N#CC(c1ccnc(NCc2ccccc2)n1)c1nc2ccccc2s1. The van der Waals surface area contributed by atoms with Crippen molar-refractivity contribution >= 4 is 55.0 Å². The molecule has 13 nitrogen and oxygen atoms in total. The molecule has 0 amide bonds. The Balaban J connectivity index is 0.000000178. The number of aromatic nitrogens is 8. The summed E-state index contributed by atoms with van der Waals surface area (Å²) in [6, 6.07) is 35.8. The number of aryl methyl sites for hydroxylation is 1. The van der Waals surface area contributed by atoms with Crippen LogP contribution in [0.5, 0.6) is 0 Å². The first kappa shape index (κ1) is 38.6. The highest BCUT2D eigenvalue weighted by molar-refractivity contribution is 7.19. The highest BCUT2D eigenvalue weighted by Gasteiger charge is 2.21. The normalized spacial score (nSPS) is 11.4. The minimum Gasteiger partial charge on any atom is -0.354 e. The Labute approximate surface area is 331 Å². The molecular formula is C41H35N13S2. The van der Waals surface area contributed by atoms with Gasteiger partial charge in [0.05, 0.1) is 56.4 Å². The van der Waals surface area contributed by atoms with Gasteiger partial charge in [-0.25, -0.2) is 34.9 Å². The third-order valence-electron chi connectivity index (χ3n) is 8.19. The van der Waals surface area contributed by atoms with Gasteiger partial charge in [0.25, 0.3) is 0 Å². The lowest BCUT2D eigenvalue weighted by Gasteiger charge is -2.09.